The van der Waals surface area contributed by atoms with Gasteiger partial charge in [-0.15, -0.1) is 0 Å². The molecular formula is C11H10ClNO3. The van der Waals surface area contributed by atoms with E-state index in [2.05, 4.69) is 5.32 Å². The number of hydrogen-bond donors (Lipinski definition) is 2. The molecule has 16 heavy (non-hydrogen) atoms. The fourth-order valence-corrected chi connectivity index (χ4v) is 2.13. The maximum atomic E-state index is 11.2. The molecule has 2 atom stereocenters. The smallest absolute Gasteiger partial charge is 0.326 e. The predicted molar refractivity (Wildman–Crippen MR) is 58.4 cm³/mol. The molecule has 1 aliphatic heterocycles. The van der Waals surface area contributed by atoms with Crippen molar-refractivity contribution in [3.8, 4) is 0 Å². The first-order valence-corrected chi connectivity index (χ1v) is 5.23. The van der Waals surface area contributed by atoms with Crippen molar-refractivity contribution < 1.29 is 14.7 Å². The van der Waals surface area contributed by atoms with Gasteiger partial charge in [-0.05, 0) is 17.7 Å². The van der Waals surface area contributed by atoms with E-state index in [1.807, 2.05) is 0 Å². The number of amides is 1. The van der Waals surface area contributed by atoms with E-state index in [1.165, 1.54) is 0 Å². The van der Waals surface area contributed by atoms with E-state index in [-0.39, 0.29) is 18.2 Å². The molecule has 2 N–H and O–H groups in total. The maximum Gasteiger partial charge on any atom is 0.326 e. The van der Waals surface area contributed by atoms with Gasteiger partial charge in [0.05, 0.1) is 0 Å². The lowest BCUT2D eigenvalue weighted by molar-refractivity contribution is -0.140. The first kappa shape index (κ1) is 11.0. The summed E-state index contributed by atoms with van der Waals surface area (Å²) in [7, 11) is 0. The standard InChI is InChI=1S/C11H10ClNO3/c12-7-3-1-2-6(4-7)8-5-9(14)13-10(8)11(15)16/h1-4,8,10H,5H2,(H,13,14)(H,15,16)/t8-,10-/m1/s1. The van der Waals surface area contributed by atoms with E-state index in [9.17, 15) is 9.59 Å². The first-order chi connectivity index (χ1) is 7.58. The minimum Gasteiger partial charge on any atom is -0.480 e. The number of carboxylic acid groups (broad SMARTS) is 1. The molecular weight excluding hydrogens is 230 g/mol. The highest BCUT2D eigenvalue weighted by atomic mass is 35.5. The third-order valence-corrected chi connectivity index (χ3v) is 2.90. The Morgan fingerprint density at radius 3 is 2.88 bits per heavy atom. The third kappa shape index (κ3) is 2.02. The molecule has 0 aromatic heterocycles. The number of benzene rings is 1. The molecule has 84 valence electrons. The Morgan fingerprint density at radius 1 is 1.50 bits per heavy atom. The molecule has 0 aliphatic carbocycles. The number of halogens is 1. The van der Waals surface area contributed by atoms with Gasteiger partial charge in [0.1, 0.15) is 6.04 Å². The number of carboxylic acids is 1. The lowest BCUT2D eigenvalue weighted by atomic mass is 9.92. The zero-order valence-corrected chi connectivity index (χ0v) is 9.07. The molecule has 0 bridgehead atoms. The molecule has 1 fully saturated rings. The normalized spacial score (nSPS) is 24.2. The van der Waals surface area contributed by atoms with Crippen LogP contribution in [0, 0.1) is 0 Å². The highest BCUT2D eigenvalue weighted by Gasteiger charge is 2.38. The van der Waals surface area contributed by atoms with Gasteiger partial charge in [0.2, 0.25) is 5.91 Å². The second kappa shape index (κ2) is 4.14. The lowest BCUT2D eigenvalue weighted by Crippen LogP contribution is -2.36. The monoisotopic (exact) mass is 239 g/mol. The number of rotatable bonds is 2. The van der Waals surface area contributed by atoms with Crippen LogP contribution in [0.3, 0.4) is 0 Å². The summed E-state index contributed by atoms with van der Waals surface area (Å²) in [6, 6.07) is 6.09. The third-order valence-electron chi connectivity index (χ3n) is 2.67. The van der Waals surface area contributed by atoms with E-state index in [1.54, 1.807) is 24.3 Å². The topological polar surface area (TPSA) is 66.4 Å². The maximum absolute atomic E-state index is 11.2. The van der Waals surface area contributed by atoms with Crippen molar-refractivity contribution in [1.29, 1.82) is 0 Å². The molecule has 1 saturated heterocycles. The second-order valence-electron chi connectivity index (χ2n) is 3.75. The van der Waals surface area contributed by atoms with Crippen LogP contribution in [0.25, 0.3) is 0 Å². The van der Waals surface area contributed by atoms with Crippen LogP contribution < -0.4 is 5.32 Å². The van der Waals surface area contributed by atoms with Gasteiger partial charge in [-0.25, -0.2) is 4.79 Å². The van der Waals surface area contributed by atoms with Crippen LogP contribution in [0.4, 0.5) is 0 Å². The first-order valence-electron chi connectivity index (χ1n) is 4.85. The summed E-state index contributed by atoms with van der Waals surface area (Å²) in [6.07, 6.45) is 0.192. The van der Waals surface area contributed by atoms with Crippen molar-refractivity contribution in [3.63, 3.8) is 0 Å². The van der Waals surface area contributed by atoms with Gasteiger partial charge in [-0.1, -0.05) is 23.7 Å². The van der Waals surface area contributed by atoms with Crippen molar-refractivity contribution in [1.82, 2.24) is 5.32 Å². The summed E-state index contributed by atoms with van der Waals surface area (Å²) in [5.41, 5.74) is 0.776. The molecule has 1 heterocycles. The molecule has 4 nitrogen and oxygen atoms in total. The van der Waals surface area contributed by atoms with Crippen LogP contribution in [0.15, 0.2) is 24.3 Å². The highest BCUT2D eigenvalue weighted by molar-refractivity contribution is 6.30. The van der Waals surface area contributed by atoms with Crippen LogP contribution in [0.2, 0.25) is 5.02 Å². The summed E-state index contributed by atoms with van der Waals surface area (Å²) in [5.74, 6) is -1.60. The Balaban J connectivity index is 2.32. The average molecular weight is 240 g/mol. The Labute approximate surface area is 97.2 Å². The molecule has 0 spiro atoms. The highest BCUT2D eigenvalue weighted by Crippen LogP contribution is 2.29. The number of carbonyl (C=O) groups excluding carboxylic acids is 1. The van der Waals surface area contributed by atoms with Gasteiger partial charge < -0.3 is 10.4 Å². The average Bonchev–Trinajstić information content (AvgIpc) is 2.60. The molecule has 1 aromatic carbocycles. The molecule has 0 saturated carbocycles. The summed E-state index contributed by atoms with van der Waals surface area (Å²) < 4.78 is 0. The van der Waals surface area contributed by atoms with Crippen molar-refractivity contribution >= 4 is 23.5 Å². The SMILES string of the molecule is O=C1C[C@H](c2cccc(Cl)c2)[C@H](C(=O)O)N1. The number of hydrogen-bond acceptors (Lipinski definition) is 2. The van der Waals surface area contributed by atoms with Crippen LogP contribution in [-0.2, 0) is 9.59 Å². The Bertz CT molecular complexity index is 447. The van der Waals surface area contributed by atoms with Gasteiger partial charge in [-0.3, -0.25) is 4.79 Å². The number of carbonyl (C=O) groups is 2. The van der Waals surface area contributed by atoms with E-state index >= 15 is 0 Å². The van der Waals surface area contributed by atoms with Gasteiger partial charge >= 0.3 is 5.97 Å². The molecule has 0 radical (unpaired) electrons. The second-order valence-corrected chi connectivity index (χ2v) is 4.19. The fraction of sp³-hybridized carbons (Fsp3) is 0.273. The van der Waals surface area contributed by atoms with Crippen LogP contribution in [0.5, 0.6) is 0 Å². The predicted octanol–water partition coefficient (Wildman–Crippen LogP) is 1.40. The largest absolute Gasteiger partial charge is 0.480 e. The zero-order valence-electron chi connectivity index (χ0n) is 8.31. The summed E-state index contributed by atoms with van der Waals surface area (Å²) >= 11 is 5.83. The van der Waals surface area contributed by atoms with E-state index in [4.69, 9.17) is 16.7 Å². The number of nitrogens with one attached hydrogen (secondary N) is 1. The van der Waals surface area contributed by atoms with E-state index in [0.717, 1.165) is 5.56 Å². The molecule has 1 aromatic rings. The van der Waals surface area contributed by atoms with Gasteiger partial charge in [-0.2, -0.15) is 0 Å². The minimum absolute atomic E-state index is 0.192. The summed E-state index contributed by atoms with van der Waals surface area (Å²) in [4.78, 5) is 22.2. The number of aliphatic carboxylic acids is 1. The van der Waals surface area contributed by atoms with Crippen molar-refractivity contribution in [2.45, 2.75) is 18.4 Å². The van der Waals surface area contributed by atoms with Gasteiger partial charge in [0, 0.05) is 17.4 Å². The van der Waals surface area contributed by atoms with Crippen LogP contribution in [-0.4, -0.2) is 23.0 Å². The molecule has 1 amide bonds. The van der Waals surface area contributed by atoms with Crippen molar-refractivity contribution in [2.24, 2.45) is 0 Å². The van der Waals surface area contributed by atoms with Crippen molar-refractivity contribution in [2.75, 3.05) is 0 Å². The molecule has 1 aliphatic rings. The summed E-state index contributed by atoms with van der Waals surface area (Å²) in [6.45, 7) is 0. The van der Waals surface area contributed by atoms with E-state index in [0.29, 0.717) is 5.02 Å². The molecule has 5 heteroatoms. The Hall–Kier alpha value is -1.55. The van der Waals surface area contributed by atoms with Crippen LogP contribution >= 0.6 is 11.6 Å². The Morgan fingerprint density at radius 2 is 2.25 bits per heavy atom. The zero-order chi connectivity index (χ0) is 11.7. The van der Waals surface area contributed by atoms with Crippen LogP contribution in [0.1, 0.15) is 17.9 Å². The quantitative estimate of drug-likeness (QED) is 0.820. The van der Waals surface area contributed by atoms with Crippen molar-refractivity contribution in [3.05, 3.63) is 34.9 Å². The fourth-order valence-electron chi connectivity index (χ4n) is 1.93. The molecule has 2 rings (SSSR count). The molecule has 0 unspecified atom stereocenters. The van der Waals surface area contributed by atoms with Gasteiger partial charge in [0.25, 0.3) is 0 Å². The Kier molecular flexibility index (Phi) is 2.83. The minimum atomic E-state index is -1.02. The van der Waals surface area contributed by atoms with E-state index < -0.39 is 12.0 Å². The van der Waals surface area contributed by atoms with Gasteiger partial charge in [0.15, 0.2) is 0 Å². The summed E-state index contributed by atoms with van der Waals surface area (Å²) in [5, 5.41) is 12.0. The lowest BCUT2D eigenvalue weighted by Gasteiger charge is -2.14.